The molecule has 0 atom stereocenters. The molecule has 0 bridgehead atoms. The van der Waals surface area contributed by atoms with Crippen LogP contribution >= 0.6 is 0 Å². The van der Waals surface area contributed by atoms with E-state index in [0.717, 1.165) is 16.8 Å². The van der Waals surface area contributed by atoms with Gasteiger partial charge < -0.3 is 10.5 Å². The molecule has 108 valence electrons. The van der Waals surface area contributed by atoms with Gasteiger partial charge in [-0.15, -0.1) is 0 Å². The number of alkyl halides is 3. The molecule has 0 aliphatic rings. The quantitative estimate of drug-likeness (QED) is 0.939. The smallest absolute Gasteiger partial charge is 0.422 e. The number of nitrogens with zero attached hydrogens (tertiary/aromatic N) is 2. The van der Waals surface area contributed by atoms with E-state index in [4.69, 9.17) is 5.73 Å². The van der Waals surface area contributed by atoms with Gasteiger partial charge in [0.05, 0.1) is 5.69 Å². The van der Waals surface area contributed by atoms with E-state index in [1.165, 1.54) is 12.1 Å². The molecule has 0 spiro atoms. The minimum atomic E-state index is -4.34. The standard InChI is InChI=1S/C13H14F3N3O/c1-19-7-10(6-17)12(18-19)9-2-4-11(5-3-9)20-8-13(14,15)16/h2-5,7H,6,8,17H2,1H3. The predicted molar refractivity (Wildman–Crippen MR) is 68.1 cm³/mol. The van der Waals surface area contributed by atoms with E-state index in [-0.39, 0.29) is 5.75 Å². The van der Waals surface area contributed by atoms with Gasteiger partial charge in [0.25, 0.3) is 0 Å². The highest BCUT2D eigenvalue weighted by Gasteiger charge is 2.28. The number of aryl methyl sites for hydroxylation is 1. The van der Waals surface area contributed by atoms with E-state index in [2.05, 4.69) is 9.84 Å². The maximum absolute atomic E-state index is 12.0. The summed E-state index contributed by atoms with van der Waals surface area (Å²) in [4.78, 5) is 0. The molecule has 1 heterocycles. The number of rotatable bonds is 4. The van der Waals surface area contributed by atoms with Crippen LogP contribution in [-0.2, 0) is 13.6 Å². The largest absolute Gasteiger partial charge is 0.484 e. The molecule has 0 saturated heterocycles. The Balaban J connectivity index is 2.15. The molecule has 7 heteroatoms. The Labute approximate surface area is 114 Å². The minimum absolute atomic E-state index is 0.163. The van der Waals surface area contributed by atoms with Crippen molar-refractivity contribution in [3.05, 3.63) is 36.0 Å². The maximum atomic E-state index is 12.0. The van der Waals surface area contributed by atoms with Crippen molar-refractivity contribution >= 4 is 0 Å². The van der Waals surface area contributed by atoms with Gasteiger partial charge in [0.2, 0.25) is 0 Å². The van der Waals surface area contributed by atoms with E-state index in [0.29, 0.717) is 6.54 Å². The third-order valence-electron chi connectivity index (χ3n) is 2.65. The molecule has 1 aromatic heterocycles. The molecule has 1 aromatic carbocycles. The van der Waals surface area contributed by atoms with Crippen LogP contribution in [0.15, 0.2) is 30.5 Å². The molecule has 4 nitrogen and oxygen atoms in total. The van der Waals surface area contributed by atoms with Crippen molar-refractivity contribution in [2.24, 2.45) is 12.8 Å². The molecular formula is C13H14F3N3O. The van der Waals surface area contributed by atoms with Crippen LogP contribution in [0.25, 0.3) is 11.3 Å². The Morgan fingerprint density at radius 1 is 1.25 bits per heavy atom. The van der Waals surface area contributed by atoms with E-state index in [1.807, 2.05) is 6.20 Å². The molecule has 20 heavy (non-hydrogen) atoms. The van der Waals surface area contributed by atoms with Gasteiger partial charge in [-0.3, -0.25) is 4.68 Å². The van der Waals surface area contributed by atoms with Crippen molar-refractivity contribution in [2.45, 2.75) is 12.7 Å². The Kier molecular flexibility index (Phi) is 3.99. The second-order valence-electron chi connectivity index (χ2n) is 4.31. The number of nitrogens with two attached hydrogens (primary N) is 1. The second kappa shape index (κ2) is 5.54. The van der Waals surface area contributed by atoms with Crippen molar-refractivity contribution < 1.29 is 17.9 Å². The number of hydrogen-bond acceptors (Lipinski definition) is 3. The number of hydrogen-bond donors (Lipinski definition) is 1. The van der Waals surface area contributed by atoms with Crippen molar-refractivity contribution in [2.75, 3.05) is 6.61 Å². The summed E-state index contributed by atoms with van der Waals surface area (Å²) in [6.45, 7) is -0.959. The van der Waals surface area contributed by atoms with Gasteiger partial charge in [-0.2, -0.15) is 18.3 Å². The molecule has 0 aliphatic heterocycles. The lowest BCUT2D eigenvalue weighted by molar-refractivity contribution is -0.153. The van der Waals surface area contributed by atoms with Gasteiger partial charge in [0.15, 0.2) is 6.61 Å². The third kappa shape index (κ3) is 3.51. The number of aromatic nitrogens is 2. The van der Waals surface area contributed by atoms with Crippen LogP contribution in [0.3, 0.4) is 0 Å². The summed E-state index contributed by atoms with van der Waals surface area (Å²) in [6, 6.07) is 6.28. The molecule has 2 N–H and O–H groups in total. The summed E-state index contributed by atoms with van der Waals surface area (Å²) < 4.78 is 42.4. The SMILES string of the molecule is Cn1cc(CN)c(-c2ccc(OCC(F)(F)F)cc2)n1. The highest BCUT2D eigenvalue weighted by Crippen LogP contribution is 2.25. The predicted octanol–water partition coefficient (Wildman–Crippen LogP) is 2.49. The Hall–Kier alpha value is -2.02. The van der Waals surface area contributed by atoms with Gasteiger partial charge in [-0.1, -0.05) is 0 Å². The fourth-order valence-electron chi connectivity index (χ4n) is 1.80. The van der Waals surface area contributed by atoms with Crippen molar-refractivity contribution in [1.82, 2.24) is 9.78 Å². The first kappa shape index (κ1) is 14.4. The summed E-state index contributed by atoms with van der Waals surface area (Å²) in [5.41, 5.74) is 8.00. The lowest BCUT2D eigenvalue weighted by atomic mass is 10.1. The average molecular weight is 285 g/mol. The molecule has 0 fully saturated rings. The molecular weight excluding hydrogens is 271 g/mol. The van der Waals surface area contributed by atoms with Gasteiger partial charge >= 0.3 is 6.18 Å². The normalized spacial score (nSPS) is 11.7. The van der Waals surface area contributed by atoms with Crippen LogP contribution in [0.5, 0.6) is 5.75 Å². The van der Waals surface area contributed by atoms with Gasteiger partial charge in [0, 0.05) is 30.9 Å². The molecule has 0 unspecified atom stereocenters. The average Bonchev–Trinajstić information content (AvgIpc) is 2.77. The zero-order chi connectivity index (χ0) is 14.8. The first-order valence-electron chi connectivity index (χ1n) is 5.91. The van der Waals surface area contributed by atoms with Crippen molar-refractivity contribution in [3.8, 4) is 17.0 Å². The number of halogens is 3. The minimum Gasteiger partial charge on any atom is -0.484 e. The number of benzene rings is 1. The fourth-order valence-corrected chi connectivity index (χ4v) is 1.80. The first-order valence-corrected chi connectivity index (χ1v) is 5.91. The molecule has 0 saturated carbocycles. The molecule has 2 aromatic rings. The van der Waals surface area contributed by atoms with Gasteiger partial charge in [0.1, 0.15) is 5.75 Å². The molecule has 0 aliphatic carbocycles. The Bertz CT molecular complexity index is 576. The van der Waals surface area contributed by atoms with Crippen LogP contribution in [0, 0.1) is 0 Å². The first-order chi connectivity index (χ1) is 9.39. The topological polar surface area (TPSA) is 53.1 Å². The Morgan fingerprint density at radius 3 is 2.45 bits per heavy atom. The summed E-state index contributed by atoms with van der Waals surface area (Å²) in [7, 11) is 1.78. The van der Waals surface area contributed by atoms with E-state index >= 15 is 0 Å². The van der Waals surface area contributed by atoms with E-state index < -0.39 is 12.8 Å². The molecule has 0 radical (unpaired) electrons. The zero-order valence-electron chi connectivity index (χ0n) is 10.8. The summed E-state index contributed by atoms with van der Waals surface area (Å²) >= 11 is 0. The number of ether oxygens (including phenoxy) is 1. The van der Waals surface area contributed by atoms with E-state index in [9.17, 15) is 13.2 Å². The summed E-state index contributed by atoms with van der Waals surface area (Å²) in [5, 5.41) is 4.28. The Morgan fingerprint density at radius 2 is 1.90 bits per heavy atom. The molecule has 2 rings (SSSR count). The summed E-state index contributed by atoms with van der Waals surface area (Å²) in [5.74, 6) is 0.163. The maximum Gasteiger partial charge on any atom is 0.422 e. The zero-order valence-corrected chi connectivity index (χ0v) is 10.8. The second-order valence-corrected chi connectivity index (χ2v) is 4.31. The van der Waals surface area contributed by atoms with Crippen LogP contribution in [0.4, 0.5) is 13.2 Å². The highest BCUT2D eigenvalue weighted by molar-refractivity contribution is 5.63. The van der Waals surface area contributed by atoms with Crippen molar-refractivity contribution in [3.63, 3.8) is 0 Å². The van der Waals surface area contributed by atoms with Crippen LogP contribution < -0.4 is 10.5 Å². The van der Waals surface area contributed by atoms with Gasteiger partial charge in [-0.05, 0) is 24.3 Å². The monoisotopic (exact) mass is 285 g/mol. The van der Waals surface area contributed by atoms with Gasteiger partial charge in [-0.25, -0.2) is 0 Å². The van der Waals surface area contributed by atoms with Crippen LogP contribution in [0.1, 0.15) is 5.56 Å². The lowest BCUT2D eigenvalue weighted by Crippen LogP contribution is -2.19. The third-order valence-corrected chi connectivity index (χ3v) is 2.65. The van der Waals surface area contributed by atoms with Crippen molar-refractivity contribution in [1.29, 1.82) is 0 Å². The van der Waals surface area contributed by atoms with Crippen LogP contribution in [-0.4, -0.2) is 22.6 Å². The van der Waals surface area contributed by atoms with E-state index in [1.54, 1.807) is 23.9 Å². The summed E-state index contributed by atoms with van der Waals surface area (Å²) in [6.07, 6.45) is -2.53. The van der Waals surface area contributed by atoms with Crippen LogP contribution in [0.2, 0.25) is 0 Å². The highest BCUT2D eigenvalue weighted by atomic mass is 19.4. The molecule has 0 amide bonds. The fraction of sp³-hybridized carbons (Fsp3) is 0.308. The lowest BCUT2D eigenvalue weighted by Gasteiger charge is -2.09.